The number of nitrogens with one attached hydrogen (secondary N) is 1. The molecule has 0 aliphatic heterocycles. The van der Waals surface area contributed by atoms with E-state index >= 15 is 0 Å². The topological polar surface area (TPSA) is 69.6 Å². The van der Waals surface area contributed by atoms with Crippen LogP contribution < -0.4 is 5.32 Å². The standard InChI is InChI=1S/C6H13NO3/c1-2-3-7-5(4-8)6(9)10/h5,7-8H,2-4H2,1H3,(H,9,10)/t5-/m1/s1. The normalized spacial score (nSPS) is 13.0. The molecule has 10 heavy (non-hydrogen) atoms. The summed E-state index contributed by atoms with van der Waals surface area (Å²) >= 11 is 0. The predicted octanol–water partition coefficient (Wildman–Crippen LogP) is -0.569. The summed E-state index contributed by atoms with van der Waals surface area (Å²) in [5.74, 6) is -1.00. The fraction of sp³-hybridized carbons (Fsp3) is 0.833. The predicted molar refractivity (Wildman–Crippen MR) is 36.8 cm³/mol. The zero-order chi connectivity index (χ0) is 7.98. The van der Waals surface area contributed by atoms with Crippen LogP contribution in [0.2, 0.25) is 0 Å². The lowest BCUT2D eigenvalue weighted by atomic mass is 10.3. The molecule has 0 aliphatic rings. The lowest BCUT2D eigenvalue weighted by Gasteiger charge is -2.09. The van der Waals surface area contributed by atoms with E-state index in [0.717, 1.165) is 6.42 Å². The molecule has 1 atom stereocenters. The van der Waals surface area contributed by atoms with Gasteiger partial charge in [-0.1, -0.05) is 6.92 Å². The minimum Gasteiger partial charge on any atom is -0.480 e. The molecule has 0 bridgehead atoms. The van der Waals surface area contributed by atoms with Crippen LogP contribution in [0, 0.1) is 0 Å². The largest absolute Gasteiger partial charge is 0.480 e. The van der Waals surface area contributed by atoms with Crippen molar-refractivity contribution in [3.8, 4) is 0 Å². The van der Waals surface area contributed by atoms with Gasteiger partial charge in [0.25, 0.3) is 0 Å². The molecule has 3 N–H and O–H groups in total. The van der Waals surface area contributed by atoms with Crippen molar-refractivity contribution in [3.05, 3.63) is 0 Å². The number of carbonyl (C=O) groups is 1. The van der Waals surface area contributed by atoms with Gasteiger partial charge in [-0.3, -0.25) is 4.79 Å². The zero-order valence-corrected chi connectivity index (χ0v) is 6.00. The number of hydrogen-bond donors (Lipinski definition) is 3. The van der Waals surface area contributed by atoms with Gasteiger partial charge >= 0.3 is 5.97 Å². The molecule has 0 aliphatic carbocycles. The molecule has 0 aromatic carbocycles. The van der Waals surface area contributed by atoms with E-state index in [4.69, 9.17) is 10.2 Å². The van der Waals surface area contributed by atoms with Gasteiger partial charge in [0, 0.05) is 0 Å². The fourth-order valence-electron chi connectivity index (χ4n) is 0.549. The first-order chi connectivity index (χ1) is 4.72. The lowest BCUT2D eigenvalue weighted by Crippen LogP contribution is -2.39. The molecule has 0 amide bonds. The number of carboxylic acid groups (broad SMARTS) is 1. The summed E-state index contributed by atoms with van der Waals surface area (Å²) in [4.78, 5) is 10.2. The van der Waals surface area contributed by atoms with E-state index in [0.29, 0.717) is 6.54 Å². The highest BCUT2D eigenvalue weighted by Crippen LogP contribution is 1.82. The van der Waals surface area contributed by atoms with Crippen LogP contribution in [0.25, 0.3) is 0 Å². The molecule has 0 saturated heterocycles. The fourth-order valence-corrected chi connectivity index (χ4v) is 0.549. The summed E-state index contributed by atoms with van der Waals surface area (Å²) in [7, 11) is 0. The van der Waals surface area contributed by atoms with E-state index < -0.39 is 12.0 Å². The van der Waals surface area contributed by atoms with Crippen LogP contribution in [-0.4, -0.2) is 35.4 Å². The molecule has 4 nitrogen and oxygen atoms in total. The number of aliphatic hydroxyl groups is 1. The minimum absolute atomic E-state index is 0.352. The molecule has 0 unspecified atom stereocenters. The van der Waals surface area contributed by atoms with Crippen LogP contribution >= 0.6 is 0 Å². The number of rotatable bonds is 5. The molecule has 0 radical (unpaired) electrons. The Morgan fingerprint density at radius 2 is 2.30 bits per heavy atom. The number of aliphatic carboxylic acids is 1. The van der Waals surface area contributed by atoms with Crippen molar-refractivity contribution in [1.29, 1.82) is 0 Å². The molecule has 0 heterocycles. The maximum absolute atomic E-state index is 10.2. The maximum Gasteiger partial charge on any atom is 0.323 e. The second-order valence-electron chi connectivity index (χ2n) is 2.03. The van der Waals surface area contributed by atoms with Gasteiger partial charge < -0.3 is 15.5 Å². The van der Waals surface area contributed by atoms with E-state index in [1.807, 2.05) is 6.92 Å². The smallest absolute Gasteiger partial charge is 0.323 e. The lowest BCUT2D eigenvalue weighted by molar-refractivity contribution is -0.140. The molecule has 0 aromatic heterocycles. The summed E-state index contributed by atoms with van der Waals surface area (Å²) in [6, 6.07) is -0.806. The monoisotopic (exact) mass is 147 g/mol. The number of hydrogen-bond acceptors (Lipinski definition) is 3. The average molecular weight is 147 g/mol. The Labute approximate surface area is 59.9 Å². The second-order valence-corrected chi connectivity index (χ2v) is 2.03. The zero-order valence-electron chi connectivity index (χ0n) is 6.00. The second kappa shape index (κ2) is 5.20. The van der Waals surface area contributed by atoms with Gasteiger partial charge in [-0.15, -0.1) is 0 Å². The Morgan fingerprint density at radius 3 is 2.60 bits per heavy atom. The van der Waals surface area contributed by atoms with Crippen LogP contribution in [0.3, 0.4) is 0 Å². The highest BCUT2D eigenvalue weighted by Gasteiger charge is 2.13. The summed E-state index contributed by atoms with van der Waals surface area (Å²) in [5, 5.41) is 19.5. The van der Waals surface area contributed by atoms with E-state index in [9.17, 15) is 4.79 Å². The Morgan fingerprint density at radius 1 is 1.70 bits per heavy atom. The first-order valence-electron chi connectivity index (χ1n) is 3.29. The number of aliphatic hydroxyl groups excluding tert-OH is 1. The SMILES string of the molecule is CCCN[C@H](CO)C(=O)O. The van der Waals surface area contributed by atoms with Crippen molar-refractivity contribution in [1.82, 2.24) is 5.32 Å². The van der Waals surface area contributed by atoms with Crippen LogP contribution in [0.5, 0.6) is 0 Å². The molecule has 0 spiro atoms. The highest BCUT2D eigenvalue weighted by molar-refractivity contribution is 5.73. The van der Waals surface area contributed by atoms with Crippen LogP contribution in [0.4, 0.5) is 0 Å². The molecular formula is C6H13NO3. The highest BCUT2D eigenvalue weighted by atomic mass is 16.4. The van der Waals surface area contributed by atoms with E-state index in [1.165, 1.54) is 0 Å². The molecule has 4 heteroatoms. The van der Waals surface area contributed by atoms with Crippen molar-refractivity contribution in [2.75, 3.05) is 13.2 Å². The van der Waals surface area contributed by atoms with Crippen molar-refractivity contribution < 1.29 is 15.0 Å². The van der Waals surface area contributed by atoms with E-state index in [1.54, 1.807) is 0 Å². The van der Waals surface area contributed by atoms with Gasteiger partial charge in [0.2, 0.25) is 0 Å². The molecule has 0 saturated carbocycles. The maximum atomic E-state index is 10.2. The minimum atomic E-state index is -1.00. The summed E-state index contributed by atoms with van der Waals surface area (Å²) in [6.07, 6.45) is 0.865. The Balaban J connectivity index is 3.50. The van der Waals surface area contributed by atoms with Gasteiger partial charge in [-0.05, 0) is 13.0 Å². The van der Waals surface area contributed by atoms with E-state index in [-0.39, 0.29) is 6.61 Å². The molecule has 0 fully saturated rings. The van der Waals surface area contributed by atoms with Gasteiger partial charge in [0.15, 0.2) is 0 Å². The third kappa shape index (κ3) is 3.42. The Bertz CT molecular complexity index is 105. The molecule has 60 valence electrons. The van der Waals surface area contributed by atoms with Crippen LogP contribution in [0.15, 0.2) is 0 Å². The third-order valence-corrected chi connectivity index (χ3v) is 1.12. The van der Waals surface area contributed by atoms with Crippen molar-refractivity contribution in [2.24, 2.45) is 0 Å². The summed E-state index contributed by atoms with van der Waals surface area (Å²) < 4.78 is 0. The van der Waals surface area contributed by atoms with Gasteiger partial charge in [0.1, 0.15) is 6.04 Å². The average Bonchev–Trinajstić information content (AvgIpc) is 1.89. The summed E-state index contributed by atoms with van der Waals surface area (Å²) in [5.41, 5.74) is 0. The van der Waals surface area contributed by atoms with Crippen molar-refractivity contribution in [2.45, 2.75) is 19.4 Å². The third-order valence-electron chi connectivity index (χ3n) is 1.12. The van der Waals surface area contributed by atoms with Crippen LogP contribution in [-0.2, 0) is 4.79 Å². The number of carboxylic acids is 1. The van der Waals surface area contributed by atoms with Crippen molar-refractivity contribution >= 4 is 5.97 Å². The van der Waals surface area contributed by atoms with E-state index in [2.05, 4.69) is 5.32 Å². The quantitative estimate of drug-likeness (QED) is 0.487. The first kappa shape index (κ1) is 9.39. The molecular weight excluding hydrogens is 134 g/mol. The van der Waals surface area contributed by atoms with Crippen LogP contribution in [0.1, 0.15) is 13.3 Å². The molecule has 0 aromatic rings. The Hall–Kier alpha value is -0.610. The van der Waals surface area contributed by atoms with Gasteiger partial charge in [0.05, 0.1) is 6.61 Å². The first-order valence-corrected chi connectivity index (χ1v) is 3.29. The van der Waals surface area contributed by atoms with Gasteiger partial charge in [-0.25, -0.2) is 0 Å². The Kier molecular flexibility index (Phi) is 4.88. The van der Waals surface area contributed by atoms with Crippen molar-refractivity contribution in [3.63, 3.8) is 0 Å². The van der Waals surface area contributed by atoms with Gasteiger partial charge in [-0.2, -0.15) is 0 Å². The molecule has 0 rings (SSSR count). The summed E-state index contributed by atoms with van der Waals surface area (Å²) in [6.45, 7) is 2.20.